The van der Waals surface area contributed by atoms with E-state index in [4.69, 9.17) is 16.0 Å². The molecule has 0 amide bonds. The summed E-state index contributed by atoms with van der Waals surface area (Å²) in [5.74, 6) is 1.18. The van der Waals surface area contributed by atoms with Gasteiger partial charge in [-0.1, -0.05) is 17.9 Å². The van der Waals surface area contributed by atoms with Crippen molar-refractivity contribution in [1.82, 2.24) is 10.2 Å². The van der Waals surface area contributed by atoms with Crippen molar-refractivity contribution in [3.05, 3.63) is 11.2 Å². The van der Waals surface area contributed by atoms with Crippen molar-refractivity contribution >= 4 is 11.6 Å². The molecule has 1 fully saturated rings. The molecule has 0 unspecified atom stereocenters. The van der Waals surface area contributed by atoms with Gasteiger partial charge in [-0.15, -0.1) is 5.10 Å². The van der Waals surface area contributed by atoms with E-state index in [0.29, 0.717) is 11.8 Å². The molecule has 3 nitrogen and oxygen atoms in total. The highest BCUT2D eigenvalue weighted by Crippen LogP contribution is 2.33. The van der Waals surface area contributed by atoms with Crippen molar-refractivity contribution < 1.29 is 4.42 Å². The maximum Gasteiger partial charge on any atom is 0.312 e. The molecular formula is C7H9ClN2O. The molecule has 0 bridgehead atoms. The van der Waals surface area contributed by atoms with Gasteiger partial charge in [0.15, 0.2) is 0 Å². The molecule has 2 rings (SSSR count). The van der Waals surface area contributed by atoms with Gasteiger partial charge in [-0.3, -0.25) is 0 Å². The van der Waals surface area contributed by atoms with Crippen LogP contribution in [-0.4, -0.2) is 10.2 Å². The van der Waals surface area contributed by atoms with Crippen LogP contribution >= 0.6 is 11.6 Å². The summed E-state index contributed by atoms with van der Waals surface area (Å²) in [5, 5.41) is 7.62. The molecule has 1 aliphatic carbocycles. The van der Waals surface area contributed by atoms with Crippen LogP contribution < -0.4 is 0 Å². The van der Waals surface area contributed by atoms with Crippen LogP contribution in [0.1, 0.15) is 37.5 Å². The number of hydrogen-bond acceptors (Lipinski definition) is 3. The molecule has 60 valence electrons. The van der Waals surface area contributed by atoms with Crippen molar-refractivity contribution in [2.24, 2.45) is 0 Å². The minimum absolute atomic E-state index is 0.159. The normalized spacial score (nSPS) is 19.4. The number of rotatable bonds is 1. The van der Waals surface area contributed by atoms with Gasteiger partial charge in [-0.2, -0.15) is 0 Å². The minimum Gasteiger partial charge on any atom is -0.412 e. The molecule has 4 heteroatoms. The summed E-state index contributed by atoms with van der Waals surface area (Å²) in [6.07, 6.45) is 4.87. The largest absolute Gasteiger partial charge is 0.412 e. The first-order chi connectivity index (χ1) is 5.36. The Morgan fingerprint density at radius 2 is 2.00 bits per heavy atom. The van der Waals surface area contributed by atoms with E-state index in [9.17, 15) is 0 Å². The Bertz CT molecular complexity index is 242. The molecule has 0 atom stereocenters. The molecule has 1 aromatic rings. The van der Waals surface area contributed by atoms with Crippen LogP contribution in [0.2, 0.25) is 5.35 Å². The minimum atomic E-state index is 0.159. The Balaban J connectivity index is 2.15. The summed E-state index contributed by atoms with van der Waals surface area (Å²) in [6.45, 7) is 0. The van der Waals surface area contributed by atoms with E-state index in [2.05, 4.69) is 10.2 Å². The number of halogens is 1. The van der Waals surface area contributed by atoms with Gasteiger partial charge in [0, 0.05) is 5.92 Å². The van der Waals surface area contributed by atoms with Crippen LogP contribution in [-0.2, 0) is 0 Å². The molecule has 1 saturated carbocycles. The van der Waals surface area contributed by atoms with Crippen LogP contribution in [0.3, 0.4) is 0 Å². The number of nitrogens with zero attached hydrogens (tertiary/aromatic N) is 2. The highest BCUT2D eigenvalue weighted by molar-refractivity contribution is 6.27. The van der Waals surface area contributed by atoms with Crippen LogP contribution in [0.15, 0.2) is 4.42 Å². The summed E-state index contributed by atoms with van der Waals surface area (Å²) in [5.41, 5.74) is 0. The van der Waals surface area contributed by atoms with Gasteiger partial charge in [-0.25, -0.2) is 0 Å². The first kappa shape index (κ1) is 7.10. The van der Waals surface area contributed by atoms with Crippen LogP contribution in [0.4, 0.5) is 0 Å². The lowest BCUT2D eigenvalue weighted by Gasteiger charge is -1.99. The SMILES string of the molecule is Clc1nnc(C2CCCC2)o1. The van der Waals surface area contributed by atoms with E-state index in [1.807, 2.05) is 0 Å². The predicted molar refractivity (Wildman–Crippen MR) is 40.5 cm³/mol. The summed E-state index contributed by atoms with van der Waals surface area (Å²) < 4.78 is 5.11. The molecule has 1 aromatic heterocycles. The smallest absolute Gasteiger partial charge is 0.312 e. The fourth-order valence-electron chi connectivity index (χ4n) is 1.55. The average molecular weight is 173 g/mol. The molecule has 0 saturated heterocycles. The fourth-order valence-corrected chi connectivity index (χ4v) is 1.67. The molecule has 0 aliphatic heterocycles. The Hall–Kier alpha value is -0.570. The van der Waals surface area contributed by atoms with Crippen molar-refractivity contribution in [3.8, 4) is 0 Å². The van der Waals surface area contributed by atoms with Gasteiger partial charge < -0.3 is 4.42 Å². The molecule has 1 heterocycles. The number of aromatic nitrogens is 2. The quantitative estimate of drug-likeness (QED) is 0.653. The second-order valence-electron chi connectivity index (χ2n) is 2.87. The predicted octanol–water partition coefficient (Wildman–Crippen LogP) is 2.38. The molecule has 0 aromatic carbocycles. The molecule has 1 aliphatic rings. The van der Waals surface area contributed by atoms with Crippen molar-refractivity contribution in [1.29, 1.82) is 0 Å². The lowest BCUT2D eigenvalue weighted by Crippen LogP contribution is -1.91. The Morgan fingerprint density at radius 1 is 1.27 bits per heavy atom. The first-order valence-electron chi connectivity index (χ1n) is 3.85. The average Bonchev–Trinajstić information content (AvgIpc) is 2.55. The third-order valence-electron chi connectivity index (χ3n) is 2.12. The van der Waals surface area contributed by atoms with Gasteiger partial charge in [0.25, 0.3) is 0 Å². The zero-order valence-corrected chi connectivity index (χ0v) is 6.84. The zero-order valence-electron chi connectivity index (χ0n) is 6.09. The molecular weight excluding hydrogens is 164 g/mol. The van der Waals surface area contributed by atoms with E-state index in [1.165, 1.54) is 25.7 Å². The summed E-state index contributed by atoms with van der Waals surface area (Å²) in [7, 11) is 0. The van der Waals surface area contributed by atoms with Gasteiger partial charge in [-0.05, 0) is 24.4 Å². The van der Waals surface area contributed by atoms with Gasteiger partial charge in [0.1, 0.15) is 0 Å². The standard InChI is InChI=1S/C7H9ClN2O/c8-7-10-9-6(11-7)5-3-1-2-4-5/h5H,1-4H2. The Morgan fingerprint density at radius 3 is 2.55 bits per heavy atom. The number of hydrogen-bond donors (Lipinski definition) is 0. The van der Waals surface area contributed by atoms with Gasteiger partial charge in [0.2, 0.25) is 5.89 Å². The fraction of sp³-hybridized carbons (Fsp3) is 0.714. The van der Waals surface area contributed by atoms with E-state index in [1.54, 1.807) is 0 Å². The second-order valence-corrected chi connectivity index (χ2v) is 3.20. The Labute approximate surface area is 69.8 Å². The molecule has 0 spiro atoms. The van der Waals surface area contributed by atoms with E-state index >= 15 is 0 Å². The summed E-state index contributed by atoms with van der Waals surface area (Å²) >= 11 is 5.50. The lowest BCUT2D eigenvalue weighted by atomic mass is 10.1. The zero-order chi connectivity index (χ0) is 7.68. The highest BCUT2D eigenvalue weighted by atomic mass is 35.5. The van der Waals surface area contributed by atoms with Crippen LogP contribution in [0.25, 0.3) is 0 Å². The van der Waals surface area contributed by atoms with Crippen molar-refractivity contribution in [3.63, 3.8) is 0 Å². The third-order valence-corrected chi connectivity index (χ3v) is 2.27. The summed E-state index contributed by atoms with van der Waals surface area (Å²) in [6, 6.07) is 0. The van der Waals surface area contributed by atoms with E-state index in [-0.39, 0.29) is 5.35 Å². The molecule has 0 N–H and O–H groups in total. The first-order valence-corrected chi connectivity index (χ1v) is 4.23. The van der Waals surface area contributed by atoms with E-state index in [0.717, 1.165) is 0 Å². The molecule has 0 radical (unpaired) electrons. The molecule has 11 heavy (non-hydrogen) atoms. The van der Waals surface area contributed by atoms with Gasteiger partial charge >= 0.3 is 5.35 Å². The topological polar surface area (TPSA) is 38.9 Å². The van der Waals surface area contributed by atoms with Crippen LogP contribution in [0.5, 0.6) is 0 Å². The van der Waals surface area contributed by atoms with Crippen molar-refractivity contribution in [2.45, 2.75) is 31.6 Å². The maximum atomic E-state index is 5.50. The maximum absolute atomic E-state index is 5.50. The highest BCUT2D eigenvalue weighted by Gasteiger charge is 2.22. The van der Waals surface area contributed by atoms with E-state index < -0.39 is 0 Å². The third kappa shape index (κ3) is 1.38. The van der Waals surface area contributed by atoms with Gasteiger partial charge in [0.05, 0.1) is 0 Å². The van der Waals surface area contributed by atoms with Crippen molar-refractivity contribution in [2.75, 3.05) is 0 Å². The second kappa shape index (κ2) is 2.81. The monoisotopic (exact) mass is 172 g/mol. The summed E-state index contributed by atoms with van der Waals surface area (Å²) in [4.78, 5) is 0. The van der Waals surface area contributed by atoms with Crippen LogP contribution in [0, 0.1) is 0 Å². The lowest BCUT2D eigenvalue weighted by molar-refractivity contribution is 0.449. The Kier molecular flexibility index (Phi) is 1.82.